The third kappa shape index (κ3) is 4.72. The van der Waals surface area contributed by atoms with Crippen molar-refractivity contribution >= 4 is 50.5 Å². The van der Waals surface area contributed by atoms with Gasteiger partial charge in [-0.2, -0.15) is 0 Å². The minimum Gasteiger partial charge on any atom is -0.491 e. The highest BCUT2D eigenvalue weighted by atomic mass is 35.5. The van der Waals surface area contributed by atoms with Gasteiger partial charge in [-0.1, -0.05) is 17.7 Å². The molecule has 0 aliphatic carbocycles. The molecule has 1 aromatic carbocycles. The molecule has 0 aliphatic rings. The van der Waals surface area contributed by atoms with E-state index in [1.807, 2.05) is 24.3 Å². The second kappa shape index (κ2) is 10.2. The largest absolute Gasteiger partial charge is 0.491 e. The van der Waals surface area contributed by atoms with Crippen molar-refractivity contribution in [2.75, 3.05) is 26.5 Å². The van der Waals surface area contributed by atoms with E-state index in [2.05, 4.69) is 15.3 Å². The highest BCUT2D eigenvalue weighted by Gasteiger charge is 2.29. The number of halogens is 1. The van der Waals surface area contributed by atoms with E-state index < -0.39 is 22.1 Å². The lowest BCUT2D eigenvalue weighted by Crippen LogP contribution is -2.33. The quantitative estimate of drug-likeness (QED) is 0.375. The van der Waals surface area contributed by atoms with Gasteiger partial charge in [0.05, 0.1) is 35.7 Å². The number of ether oxygens (including phenoxy) is 1. The molecule has 0 fully saturated rings. The first-order chi connectivity index (χ1) is 16.8. The predicted octanol–water partition coefficient (Wildman–Crippen LogP) is 2.85. The number of pyridine rings is 2. The number of aliphatic hydroxyl groups excluding tert-OH is 1. The van der Waals surface area contributed by atoms with Gasteiger partial charge in [-0.25, -0.2) is 9.97 Å². The maximum atomic E-state index is 13.2. The summed E-state index contributed by atoms with van der Waals surface area (Å²) in [5.41, 5.74) is 1.29. The molecular weight excluding hydrogens is 512 g/mol. The third-order valence-corrected chi connectivity index (χ3v) is 7.29. The number of nitrogens with zero attached hydrogens (tertiary/aromatic N) is 3. The first-order valence-electron chi connectivity index (χ1n) is 10.3. The zero-order valence-electron chi connectivity index (χ0n) is 19.0. The van der Waals surface area contributed by atoms with E-state index in [-0.39, 0.29) is 35.2 Å². The van der Waals surface area contributed by atoms with E-state index >= 15 is 0 Å². The molecule has 1 atom stereocenters. The van der Waals surface area contributed by atoms with Crippen molar-refractivity contribution in [3.63, 3.8) is 0 Å². The summed E-state index contributed by atoms with van der Waals surface area (Å²) in [5.74, 6) is -0.715. The number of carbonyl (C=O) groups excluding carboxylic acids is 1. The maximum absolute atomic E-state index is 13.2. The molecule has 0 saturated heterocycles. The van der Waals surface area contributed by atoms with Gasteiger partial charge in [0.15, 0.2) is 5.75 Å². The van der Waals surface area contributed by atoms with Crippen LogP contribution in [0.15, 0.2) is 45.4 Å². The molecule has 2 N–H and O–H groups in total. The number of nitrogens with one attached hydrogen (secondary N) is 1. The number of amides is 1. The normalized spacial score (nSPS) is 12.0. The Balaban J connectivity index is 1.88. The van der Waals surface area contributed by atoms with Gasteiger partial charge in [-0.3, -0.25) is 13.8 Å². The van der Waals surface area contributed by atoms with Crippen molar-refractivity contribution in [3.05, 3.63) is 56.7 Å². The van der Waals surface area contributed by atoms with E-state index in [1.165, 1.54) is 29.3 Å². The standard InChI is InChI=1S/C23H21ClN4O5S2/c1-28-17(20(33-2)19(30)21(35(3)32)18(28)22(31)25-8-9-29)16-11-34-23(27-16)15-6-4-12-10-13(24)5-7-14(12)26-15/h4-7,10-11,29H,8-9H2,1-3H3,(H,25,31)/t35-/m0/s1. The summed E-state index contributed by atoms with van der Waals surface area (Å²) in [6.07, 6.45) is 1.32. The van der Waals surface area contributed by atoms with E-state index in [0.29, 0.717) is 21.4 Å². The molecule has 4 rings (SSSR count). The van der Waals surface area contributed by atoms with Gasteiger partial charge in [0, 0.05) is 35.6 Å². The molecule has 0 radical (unpaired) electrons. The van der Waals surface area contributed by atoms with Crippen molar-refractivity contribution in [1.82, 2.24) is 19.9 Å². The lowest BCUT2D eigenvalue weighted by molar-refractivity contribution is 0.0932. The number of aliphatic hydroxyl groups is 1. The molecule has 0 spiro atoms. The fourth-order valence-corrected chi connectivity index (χ4v) is 5.51. The van der Waals surface area contributed by atoms with Gasteiger partial charge < -0.3 is 19.7 Å². The summed E-state index contributed by atoms with van der Waals surface area (Å²) in [4.78, 5) is 35.2. The topological polar surface area (TPSA) is 123 Å². The van der Waals surface area contributed by atoms with E-state index in [4.69, 9.17) is 21.4 Å². The molecule has 1 amide bonds. The SMILES string of the molecule is COc1c(-c2csc(-c3ccc4cc(Cl)ccc4n3)n2)n(C)c(C(=O)NCCO)c([S@](C)=O)c1=O. The van der Waals surface area contributed by atoms with Gasteiger partial charge in [-0.05, 0) is 24.3 Å². The molecule has 3 aromatic heterocycles. The Hall–Kier alpha value is -3.12. The number of hydrogen-bond acceptors (Lipinski definition) is 8. The number of rotatable bonds is 7. The van der Waals surface area contributed by atoms with E-state index in [1.54, 1.807) is 18.5 Å². The van der Waals surface area contributed by atoms with E-state index in [0.717, 1.165) is 10.9 Å². The first-order valence-corrected chi connectivity index (χ1v) is 13.1. The Morgan fingerprint density at radius 2 is 2.03 bits per heavy atom. The van der Waals surface area contributed by atoms with Crippen molar-refractivity contribution < 1.29 is 18.8 Å². The number of benzene rings is 1. The van der Waals surface area contributed by atoms with Gasteiger partial charge in [-0.15, -0.1) is 11.3 Å². The minimum atomic E-state index is -1.78. The Labute approximate surface area is 211 Å². The molecular formula is C23H21ClN4O5S2. The number of fused-ring (bicyclic) bond motifs is 1. The summed E-state index contributed by atoms with van der Waals surface area (Å²) in [5, 5.41) is 15.4. The van der Waals surface area contributed by atoms with Crippen molar-refractivity contribution in [1.29, 1.82) is 0 Å². The van der Waals surface area contributed by atoms with Gasteiger partial charge in [0.25, 0.3) is 5.91 Å². The number of hydrogen-bond donors (Lipinski definition) is 2. The molecule has 4 aromatic rings. The molecule has 0 unspecified atom stereocenters. The molecule has 12 heteroatoms. The zero-order valence-corrected chi connectivity index (χ0v) is 21.4. The number of methoxy groups -OCH3 is 1. The molecule has 35 heavy (non-hydrogen) atoms. The van der Waals surface area contributed by atoms with Crippen molar-refractivity contribution in [2.45, 2.75) is 4.90 Å². The van der Waals surface area contributed by atoms with Gasteiger partial charge >= 0.3 is 0 Å². The van der Waals surface area contributed by atoms with Crippen LogP contribution >= 0.6 is 22.9 Å². The Kier molecular flexibility index (Phi) is 7.31. The lowest BCUT2D eigenvalue weighted by atomic mass is 10.2. The fraction of sp³-hybridized carbons (Fsp3) is 0.217. The van der Waals surface area contributed by atoms with Crippen LogP contribution in [-0.4, -0.2) is 56.3 Å². The van der Waals surface area contributed by atoms with Gasteiger partial charge in [0.1, 0.15) is 27.0 Å². The van der Waals surface area contributed by atoms with Crippen LogP contribution in [0.1, 0.15) is 10.5 Å². The van der Waals surface area contributed by atoms with Crippen LogP contribution in [0, 0.1) is 0 Å². The monoisotopic (exact) mass is 532 g/mol. The van der Waals surface area contributed by atoms with Crippen LogP contribution in [-0.2, 0) is 17.8 Å². The highest BCUT2D eigenvalue weighted by Crippen LogP contribution is 2.34. The lowest BCUT2D eigenvalue weighted by Gasteiger charge is -2.18. The molecule has 0 bridgehead atoms. The highest BCUT2D eigenvalue weighted by molar-refractivity contribution is 7.84. The molecule has 9 nitrogen and oxygen atoms in total. The molecule has 0 aliphatic heterocycles. The Bertz CT molecular complexity index is 1530. The van der Waals surface area contributed by atoms with Gasteiger partial charge in [0.2, 0.25) is 5.43 Å². The minimum absolute atomic E-state index is 0.0239. The van der Waals surface area contributed by atoms with Crippen molar-refractivity contribution in [3.8, 4) is 27.8 Å². The van der Waals surface area contributed by atoms with Crippen LogP contribution in [0.2, 0.25) is 5.02 Å². The summed E-state index contributed by atoms with van der Waals surface area (Å²) in [6, 6.07) is 9.13. The maximum Gasteiger partial charge on any atom is 0.269 e. The molecule has 0 saturated carbocycles. The zero-order chi connectivity index (χ0) is 25.3. The van der Waals surface area contributed by atoms with Crippen LogP contribution in [0.4, 0.5) is 0 Å². The average molecular weight is 533 g/mol. The first kappa shape index (κ1) is 25.0. The summed E-state index contributed by atoms with van der Waals surface area (Å²) in [6.45, 7) is -0.308. The Morgan fingerprint density at radius 3 is 2.71 bits per heavy atom. The second-order valence-electron chi connectivity index (χ2n) is 7.45. The molecule has 3 heterocycles. The summed E-state index contributed by atoms with van der Waals surface area (Å²) in [7, 11) is 1.12. The smallest absolute Gasteiger partial charge is 0.269 e. The predicted molar refractivity (Wildman–Crippen MR) is 137 cm³/mol. The van der Waals surface area contributed by atoms with Crippen LogP contribution in [0.25, 0.3) is 33.0 Å². The van der Waals surface area contributed by atoms with E-state index in [9.17, 15) is 13.8 Å². The third-order valence-electron chi connectivity index (χ3n) is 5.23. The summed E-state index contributed by atoms with van der Waals surface area (Å²) >= 11 is 7.38. The number of thiazole rings is 1. The van der Waals surface area contributed by atoms with Crippen LogP contribution < -0.4 is 15.5 Å². The van der Waals surface area contributed by atoms with Crippen molar-refractivity contribution in [2.24, 2.45) is 7.05 Å². The number of carbonyl (C=O) groups is 1. The average Bonchev–Trinajstić information content (AvgIpc) is 3.32. The molecule has 182 valence electrons. The fourth-order valence-electron chi connectivity index (χ4n) is 3.70. The second-order valence-corrected chi connectivity index (χ2v) is 10.1. The Morgan fingerprint density at radius 1 is 1.26 bits per heavy atom. The summed E-state index contributed by atoms with van der Waals surface area (Å²) < 4.78 is 19.3. The number of aromatic nitrogens is 3. The van der Waals surface area contributed by atoms with Crippen LogP contribution in [0.3, 0.4) is 0 Å². The van der Waals surface area contributed by atoms with Crippen LogP contribution in [0.5, 0.6) is 5.75 Å².